The van der Waals surface area contributed by atoms with Crippen molar-refractivity contribution in [2.75, 3.05) is 32.6 Å². The van der Waals surface area contributed by atoms with Gasteiger partial charge in [0.1, 0.15) is 17.6 Å². The minimum atomic E-state index is -0.189. The van der Waals surface area contributed by atoms with Crippen LogP contribution in [0.4, 0.5) is 5.69 Å². The van der Waals surface area contributed by atoms with E-state index >= 15 is 0 Å². The monoisotopic (exact) mass is 467 g/mol. The number of carbonyl (C=O) groups is 1. The first-order valence-electron chi connectivity index (χ1n) is 11.7. The number of fused-ring (bicyclic) bond motifs is 2. The number of aliphatic imine (C=N–C) groups is 2. The van der Waals surface area contributed by atoms with Crippen molar-refractivity contribution in [3.05, 3.63) is 83.7 Å². The molecule has 0 bridgehead atoms. The number of likely N-dealkylation sites (tertiary alicyclic amines) is 1. The van der Waals surface area contributed by atoms with Crippen LogP contribution in [0.2, 0.25) is 0 Å². The van der Waals surface area contributed by atoms with Crippen molar-refractivity contribution in [2.24, 2.45) is 17.0 Å². The summed E-state index contributed by atoms with van der Waals surface area (Å²) in [4.78, 5) is 24.9. The van der Waals surface area contributed by atoms with E-state index in [1.165, 1.54) is 6.42 Å². The van der Waals surface area contributed by atoms with E-state index in [0.29, 0.717) is 21.6 Å². The first-order chi connectivity index (χ1) is 17.0. The number of ether oxygens (including phenoxy) is 1. The van der Waals surface area contributed by atoms with Crippen LogP contribution in [0.5, 0.6) is 5.75 Å². The number of hydrogen-bond acceptors (Lipinski definition) is 5. The largest absolute Gasteiger partial charge is 0.495 e. The lowest BCUT2D eigenvalue weighted by atomic mass is 10.1. The van der Waals surface area contributed by atoms with Gasteiger partial charge in [-0.05, 0) is 36.8 Å². The molecule has 1 atom stereocenters. The molecule has 8 nitrogen and oxygen atoms in total. The number of rotatable bonds is 5. The summed E-state index contributed by atoms with van der Waals surface area (Å²) < 4.78 is 8.04. The molecule has 3 aliphatic rings. The Balaban J connectivity index is 1.33. The van der Waals surface area contributed by atoms with Crippen molar-refractivity contribution >= 4 is 34.5 Å². The number of aryl methyl sites for hydroxylation is 1. The smallest absolute Gasteiger partial charge is 0.272 e. The third kappa shape index (κ3) is 3.29. The van der Waals surface area contributed by atoms with Crippen LogP contribution in [-0.2, 0) is 7.05 Å². The molecule has 4 heterocycles. The Hall–Kier alpha value is -4.17. The second-order valence-electron chi connectivity index (χ2n) is 9.15. The molecule has 3 aliphatic heterocycles. The minimum Gasteiger partial charge on any atom is -0.495 e. The van der Waals surface area contributed by atoms with E-state index in [0.717, 1.165) is 46.9 Å². The quantitative estimate of drug-likeness (QED) is 0.575. The molecule has 2 aromatic carbocycles. The number of amides is 1. The zero-order valence-electron chi connectivity index (χ0n) is 20.0. The van der Waals surface area contributed by atoms with Crippen molar-refractivity contribution in [3.8, 4) is 5.75 Å². The van der Waals surface area contributed by atoms with Gasteiger partial charge in [-0.15, -0.1) is 0 Å². The highest BCUT2D eigenvalue weighted by Gasteiger charge is 2.45. The van der Waals surface area contributed by atoms with Crippen LogP contribution in [0.1, 0.15) is 22.5 Å². The molecular weight excluding hydrogens is 440 g/mol. The summed E-state index contributed by atoms with van der Waals surface area (Å²) in [6.07, 6.45) is 6.94. The Morgan fingerprint density at radius 2 is 1.97 bits per heavy atom. The second-order valence-corrected chi connectivity index (χ2v) is 9.15. The van der Waals surface area contributed by atoms with Gasteiger partial charge in [0, 0.05) is 31.0 Å². The number of nitrogens with one attached hydrogen (secondary N) is 1. The molecule has 35 heavy (non-hydrogen) atoms. The lowest BCUT2D eigenvalue weighted by Gasteiger charge is -2.33. The molecule has 1 saturated heterocycles. The van der Waals surface area contributed by atoms with E-state index in [9.17, 15) is 4.79 Å². The normalized spacial score (nSPS) is 20.7. The van der Waals surface area contributed by atoms with Crippen LogP contribution >= 0.6 is 0 Å². The summed E-state index contributed by atoms with van der Waals surface area (Å²) in [6.45, 7) is 2.02. The fourth-order valence-corrected chi connectivity index (χ4v) is 4.92. The van der Waals surface area contributed by atoms with Gasteiger partial charge in [0.25, 0.3) is 5.91 Å². The number of quaternary nitrogens is 1. The van der Waals surface area contributed by atoms with Crippen molar-refractivity contribution in [1.29, 1.82) is 0 Å². The van der Waals surface area contributed by atoms with Gasteiger partial charge in [-0.2, -0.15) is 4.99 Å². The van der Waals surface area contributed by atoms with Gasteiger partial charge in [0.2, 0.25) is 11.5 Å². The standard InChI is InChI=1S/C27H26N6O2/c1-31-21-8-5-4-7-18(21)15-22(31)27(34)29-20-10-9-19(16-24(20)35-3)26-30-25(32-12-6-13-32)23-17-28-11-14-33(23,26)2/h4-5,7-11,14-17H,6,12-13H2,1-3H3/p+1. The van der Waals surface area contributed by atoms with Crippen molar-refractivity contribution in [3.63, 3.8) is 0 Å². The molecule has 0 radical (unpaired) electrons. The predicted molar refractivity (Wildman–Crippen MR) is 137 cm³/mol. The SMILES string of the molecule is COc1cc(C2=NC(N3CCC3)=C3C=NC=C[N+]23C)ccc1NC(=O)c1cc2ccccc2n1C. The average molecular weight is 468 g/mol. The van der Waals surface area contributed by atoms with Gasteiger partial charge in [-0.25, -0.2) is 4.48 Å². The highest BCUT2D eigenvalue weighted by atomic mass is 16.5. The molecule has 176 valence electrons. The van der Waals surface area contributed by atoms with Crippen molar-refractivity contribution in [2.45, 2.75) is 6.42 Å². The Morgan fingerprint density at radius 3 is 2.71 bits per heavy atom. The first kappa shape index (κ1) is 21.4. The molecular formula is C27H27N6O2+. The number of para-hydroxylation sites is 1. The molecule has 1 amide bonds. The molecule has 0 aliphatic carbocycles. The number of anilines is 1. The summed E-state index contributed by atoms with van der Waals surface area (Å²) in [6, 6.07) is 15.7. The third-order valence-electron chi connectivity index (χ3n) is 7.08. The van der Waals surface area contributed by atoms with E-state index in [2.05, 4.69) is 22.3 Å². The maximum Gasteiger partial charge on any atom is 0.272 e. The van der Waals surface area contributed by atoms with Crippen LogP contribution in [0.25, 0.3) is 10.9 Å². The van der Waals surface area contributed by atoms with Crippen LogP contribution in [0.15, 0.2) is 82.4 Å². The van der Waals surface area contributed by atoms with E-state index in [-0.39, 0.29) is 5.91 Å². The second kappa shape index (κ2) is 7.95. The summed E-state index contributed by atoms with van der Waals surface area (Å²) >= 11 is 0. The number of amidine groups is 1. The van der Waals surface area contributed by atoms with Crippen LogP contribution in [0, 0.1) is 0 Å². The fourth-order valence-electron chi connectivity index (χ4n) is 4.92. The molecule has 1 fully saturated rings. The maximum atomic E-state index is 13.2. The van der Waals surface area contributed by atoms with Gasteiger partial charge >= 0.3 is 0 Å². The Labute approximate surface area is 203 Å². The van der Waals surface area contributed by atoms with Gasteiger partial charge in [0.05, 0.1) is 37.8 Å². The number of allylic oxidation sites excluding steroid dienone is 1. The maximum absolute atomic E-state index is 13.2. The fraction of sp³-hybridized carbons (Fsp3) is 0.222. The van der Waals surface area contributed by atoms with Crippen LogP contribution < -0.4 is 10.1 Å². The zero-order valence-corrected chi connectivity index (χ0v) is 20.0. The van der Waals surface area contributed by atoms with Gasteiger partial charge in [-0.1, -0.05) is 18.2 Å². The Morgan fingerprint density at radius 1 is 1.14 bits per heavy atom. The molecule has 3 aromatic rings. The topological polar surface area (TPSA) is 71.2 Å². The molecule has 0 saturated carbocycles. The van der Waals surface area contributed by atoms with E-state index in [1.807, 2.05) is 78.8 Å². The highest BCUT2D eigenvalue weighted by Crippen LogP contribution is 2.37. The number of benzene rings is 2. The minimum absolute atomic E-state index is 0.189. The number of aromatic nitrogens is 1. The number of carbonyl (C=O) groups excluding carboxylic acids is 1. The molecule has 8 heteroatoms. The van der Waals surface area contributed by atoms with E-state index in [4.69, 9.17) is 9.73 Å². The Bertz CT molecular complexity index is 1490. The predicted octanol–water partition coefficient (Wildman–Crippen LogP) is 4.08. The molecule has 1 unspecified atom stereocenters. The first-order valence-corrected chi connectivity index (χ1v) is 11.7. The number of nitrogens with zero attached hydrogens (tertiary/aromatic N) is 5. The third-order valence-corrected chi connectivity index (χ3v) is 7.08. The van der Waals surface area contributed by atoms with Crippen molar-refractivity contribution < 1.29 is 14.0 Å². The highest BCUT2D eigenvalue weighted by molar-refractivity contribution is 6.07. The average Bonchev–Trinajstić information content (AvgIpc) is 3.33. The Kier molecular flexibility index (Phi) is 4.86. The molecule has 1 N–H and O–H groups in total. The lowest BCUT2D eigenvalue weighted by molar-refractivity contribution is -0.713. The lowest BCUT2D eigenvalue weighted by Crippen LogP contribution is -2.44. The van der Waals surface area contributed by atoms with E-state index < -0.39 is 0 Å². The molecule has 6 rings (SSSR count). The number of methoxy groups -OCH3 is 1. The summed E-state index contributed by atoms with van der Waals surface area (Å²) in [5, 5.41) is 4.05. The van der Waals surface area contributed by atoms with Crippen molar-refractivity contribution in [1.82, 2.24) is 9.47 Å². The van der Waals surface area contributed by atoms with Gasteiger partial charge < -0.3 is 19.5 Å². The molecule has 0 spiro atoms. The van der Waals surface area contributed by atoms with Gasteiger partial charge in [0.15, 0.2) is 5.82 Å². The van der Waals surface area contributed by atoms with E-state index in [1.54, 1.807) is 7.11 Å². The summed E-state index contributed by atoms with van der Waals surface area (Å²) in [7, 11) is 5.63. The van der Waals surface area contributed by atoms with Crippen LogP contribution in [0.3, 0.4) is 0 Å². The van der Waals surface area contributed by atoms with Gasteiger partial charge in [-0.3, -0.25) is 9.79 Å². The summed E-state index contributed by atoms with van der Waals surface area (Å²) in [5.41, 5.74) is 4.20. The zero-order chi connectivity index (χ0) is 24.2. The van der Waals surface area contributed by atoms with Crippen LogP contribution in [-0.4, -0.2) is 59.2 Å². The summed E-state index contributed by atoms with van der Waals surface area (Å²) in [5.74, 6) is 2.27. The number of hydrogen-bond donors (Lipinski definition) is 1. The molecule has 1 aromatic heterocycles.